The van der Waals surface area contributed by atoms with Gasteiger partial charge >= 0.3 is 0 Å². The molecule has 1 aromatic carbocycles. The van der Waals surface area contributed by atoms with Gasteiger partial charge in [-0.1, -0.05) is 29.8 Å². The van der Waals surface area contributed by atoms with E-state index in [0.717, 1.165) is 41.0 Å². The lowest BCUT2D eigenvalue weighted by Crippen LogP contribution is -2.45. The summed E-state index contributed by atoms with van der Waals surface area (Å²) in [6.07, 6.45) is 9.23. The smallest absolute Gasteiger partial charge is 0.284 e. The molecule has 0 spiro atoms. The highest BCUT2D eigenvalue weighted by molar-refractivity contribution is 7.59. The van der Waals surface area contributed by atoms with Gasteiger partial charge in [0.2, 0.25) is 5.95 Å². The minimum absolute atomic E-state index is 0. The first-order valence-electron chi connectivity index (χ1n) is 11.6. The summed E-state index contributed by atoms with van der Waals surface area (Å²) in [6, 6.07) is 10.9. The van der Waals surface area contributed by atoms with Crippen LogP contribution in [-0.2, 0) is 0 Å². The molecule has 3 N–H and O–H groups in total. The Morgan fingerprint density at radius 1 is 1.05 bits per heavy atom. The molecule has 190 valence electrons. The zero-order valence-corrected chi connectivity index (χ0v) is 21.5. The molecule has 5 aromatic heterocycles. The van der Waals surface area contributed by atoms with Crippen LogP contribution in [0.1, 0.15) is 18.3 Å². The summed E-state index contributed by atoms with van der Waals surface area (Å²) in [5, 5.41) is 6.05. The van der Waals surface area contributed by atoms with Gasteiger partial charge in [0.1, 0.15) is 23.3 Å². The number of nitrogens with two attached hydrogens (primary N) is 1. The van der Waals surface area contributed by atoms with E-state index in [-0.39, 0.29) is 31.0 Å². The van der Waals surface area contributed by atoms with Crippen molar-refractivity contribution < 1.29 is 0 Å². The van der Waals surface area contributed by atoms with Crippen LogP contribution < -0.4 is 16.2 Å². The molecule has 11 nitrogen and oxygen atoms in total. The van der Waals surface area contributed by atoms with Crippen molar-refractivity contribution in [2.45, 2.75) is 12.5 Å². The Morgan fingerprint density at radius 2 is 1.84 bits per heavy atom. The van der Waals surface area contributed by atoms with Crippen molar-refractivity contribution in [3.8, 4) is 16.8 Å². The number of hydrogen-bond acceptors (Lipinski definition) is 8. The normalized spacial score (nSPS) is 15.0. The van der Waals surface area contributed by atoms with Crippen LogP contribution in [0.3, 0.4) is 0 Å². The van der Waals surface area contributed by atoms with E-state index < -0.39 is 0 Å². The number of nitrogen functional groups attached to an aromatic ring is 1. The second-order valence-corrected chi connectivity index (χ2v) is 9.15. The topological polar surface area (TPSA) is 136 Å². The van der Waals surface area contributed by atoms with Crippen molar-refractivity contribution in [3.63, 3.8) is 0 Å². The summed E-state index contributed by atoms with van der Waals surface area (Å²) in [5.74, 6) is 1.53. The van der Waals surface area contributed by atoms with E-state index in [9.17, 15) is 4.79 Å². The van der Waals surface area contributed by atoms with Gasteiger partial charge in [0.15, 0.2) is 5.82 Å². The summed E-state index contributed by atoms with van der Waals surface area (Å²) in [4.78, 5) is 36.4. The van der Waals surface area contributed by atoms with E-state index in [4.69, 9.17) is 22.4 Å². The van der Waals surface area contributed by atoms with Gasteiger partial charge in [0, 0.05) is 42.5 Å². The average Bonchev–Trinajstić information content (AvgIpc) is 3.49. The Morgan fingerprint density at radius 3 is 2.58 bits per heavy atom. The Bertz CT molecular complexity index is 1850. The fraction of sp³-hybridized carbons (Fsp3) is 0.120. The number of fused-ring (bicyclic) bond motifs is 2. The molecular weight excluding hydrogens is 524 g/mol. The summed E-state index contributed by atoms with van der Waals surface area (Å²) in [5.41, 5.74) is 8.85. The number of aromatic amines is 1. The number of H-pyrrole nitrogens is 1. The van der Waals surface area contributed by atoms with Crippen molar-refractivity contribution in [2.24, 2.45) is 0 Å². The highest BCUT2D eigenvalue weighted by atomic mass is 35.5. The number of para-hydroxylation sites is 1. The predicted octanol–water partition coefficient (Wildman–Crippen LogP) is 3.51. The lowest BCUT2D eigenvalue weighted by atomic mass is 10.00. The standard InChI is InChI=1S/C25H19ClN10O.H2S/c26-17-6-9-35-20(17)24(37)36(15-4-2-1-3-5-15)22(33-35)18-7-8-34(18)23-19-16(12-28-21(19)31-13-32-23)14-10-29-25(27)30-11-14;/h1-6,9-13,18H,7-8H2,(H2,27,29,30)(H,28,31,32);1H2/t18-;/m0./s1. The van der Waals surface area contributed by atoms with Crippen LogP contribution >= 0.6 is 25.1 Å². The van der Waals surface area contributed by atoms with Crippen LogP contribution in [0, 0.1) is 0 Å². The predicted molar refractivity (Wildman–Crippen MR) is 150 cm³/mol. The third-order valence-corrected chi connectivity index (χ3v) is 7.00. The maximum atomic E-state index is 13.7. The summed E-state index contributed by atoms with van der Waals surface area (Å²) in [6.45, 7) is 0.731. The van der Waals surface area contributed by atoms with E-state index in [1.165, 1.54) is 6.33 Å². The molecule has 0 amide bonds. The van der Waals surface area contributed by atoms with E-state index in [1.54, 1.807) is 33.7 Å². The molecule has 1 aliphatic heterocycles. The first kappa shape index (κ1) is 23.9. The molecule has 6 heterocycles. The molecule has 0 saturated carbocycles. The van der Waals surface area contributed by atoms with Crippen LogP contribution in [-0.4, -0.2) is 45.6 Å². The van der Waals surface area contributed by atoms with Crippen molar-refractivity contribution in [3.05, 3.63) is 88.7 Å². The largest absolute Gasteiger partial charge is 0.368 e. The first-order valence-corrected chi connectivity index (χ1v) is 12.0. The molecule has 1 saturated heterocycles. The molecule has 0 aliphatic carbocycles. The summed E-state index contributed by atoms with van der Waals surface area (Å²) in [7, 11) is 0. The van der Waals surface area contributed by atoms with Crippen LogP contribution in [0.4, 0.5) is 11.8 Å². The fourth-order valence-corrected chi connectivity index (χ4v) is 5.09. The van der Waals surface area contributed by atoms with E-state index >= 15 is 0 Å². The first-order chi connectivity index (χ1) is 18.1. The van der Waals surface area contributed by atoms with Gasteiger partial charge in [-0.05, 0) is 24.6 Å². The number of anilines is 2. The van der Waals surface area contributed by atoms with Crippen molar-refractivity contribution in [1.82, 2.24) is 39.1 Å². The average molecular weight is 545 g/mol. The SMILES string of the molecule is Nc1ncc(-c2c[nH]c3ncnc(N4CC[C@H]4c4nn5ccc(Cl)c5c(=O)n4-c4ccccc4)c23)cn1.S. The highest BCUT2D eigenvalue weighted by Crippen LogP contribution is 2.41. The second kappa shape index (κ2) is 9.15. The number of benzene rings is 1. The number of nitrogens with zero attached hydrogens (tertiary/aromatic N) is 8. The van der Waals surface area contributed by atoms with Crippen molar-refractivity contribution >= 4 is 53.4 Å². The number of aromatic nitrogens is 8. The minimum atomic E-state index is -0.229. The van der Waals surface area contributed by atoms with Gasteiger partial charge in [-0.3, -0.25) is 9.36 Å². The van der Waals surface area contributed by atoms with Gasteiger partial charge in [-0.2, -0.15) is 18.6 Å². The molecule has 0 bridgehead atoms. The number of hydrogen-bond donors (Lipinski definition) is 2. The molecule has 6 aromatic rings. The van der Waals surface area contributed by atoms with Gasteiger partial charge in [0.05, 0.1) is 22.1 Å². The molecule has 0 unspecified atom stereocenters. The van der Waals surface area contributed by atoms with Gasteiger partial charge in [-0.15, -0.1) is 0 Å². The molecule has 7 rings (SSSR count). The van der Waals surface area contributed by atoms with Crippen molar-refractivity contribution in [1.29, 1.82) is 0 Å². The quantitative estimate of drug-likeness (QED) is 0.344. The Hall–Kier alpha value is -4.42. The summed E-state index contributed by atoms with van der Waals surface area (Å²) >= 11 is 6.36. The lowest BCUT2D eigenvalue weighted by Gasteiger charge is -2.42. The van der Waals surface area contributed by atoms with Gasteiger partial charge in [-0.25, -0.2) is 24.5 Å². The van der Waals surface area contributed by atoms with E-state index in [1.807, 2.05) is 36.5 Å². The zero-order valence-electron chi connectivity index (χ0n) is 19.8. The summed E-state index contributed by atoms with van der Waals surface area (Å²) < 4.78 is 3.20. The maximum Gasteiger partial charge on any atom is 0.284 e. The van der Waals surface area contributed by atoms with Crippen LogP contribution in [0.15, 0.2) is 72.3 Å². The number of halogens is 1. The molecule has 1 atom stereocenters. The van der Waals surface area contributed by atoms with Crippen LogP contribution in [0.25, 0.3) is 33.4 Å². The molecular formula is C25H21ClN10OS. The van der Waals surface area contributed by atoms with Gasteiger partial charge < -0.3 is 15.6 Å². The maximum absolute atomic E-state index is 13.7. The Labute approximate surface area is 227 Å². The molecule has 38 heavy (non-hydrogen) atoms. The third kappa shape index (κ3) is 3.60. The monoisotopic (exact) mass is 544 g/mol. The third-order valence-electron chi connectivity index (χ3n) is 6.70. The van der Waals surface area contributed by atoms with Crippen LogP contribution in [0.5, 0.6) is 0 Å². The van der Waals surface area contributed by atoms with Crippen molar-refractivity contribution in [2.75, 3.05) is 17.2 Å². The lowest BCUT2D eigenvalue weighted by molar-refractivity contribution is 0.424. The van der Waals surface area contributed by atoms with Crippen LogP contribution in [0.2, 0.25) is 5.02 Å². The zero-order chi connectivity index (χ0) is 25.1. The fourth-order valence-electron chi connectivity index (χ4n) is 4.87. The van der Waals surface area contributed by atoms with Gasteiger partial charge in [0.25, 0.3) is 5.56 Å². The van der Waals surface area contributed by atoms with E-state index in [0.29, 0.717) is 22.0 Å². The van der Waals surface area contributed by atoms with E-state index in [2.05, 4.69) is 29.8 Å². The highest BCUT2D eigenvalue weighted by Gasteiger charge is 2.37. The molecule has 1 aliphatic rings. The molecule has 13 heteroatoms. The number of rotatable bonds is 4. The second-order valence-electron chi connectivity index (χ2n) is 8.74. The Kier molecular flexibility index (Phi) is 5.77. The Balaban J connectivity index is 0.00000264. The number of nitrogens with one attached hydrogen (secondary N) is 1. The minimum Gasteiger partial charge on any atom is -0.368 e. The molecule has 0 radical (unpaired) electrons. The molecule has 1 fully saturated rings.